The Labute approximate surface area is 143 Å². The average molecular weight is 324 g/mol. The Hall–Kier alpha value is -2.62. The van der Waals surface area contributed by atoms with E-state index >= 15 is 0 Å². The van der Waals surface area contributed by atoms with Crippen LogP contribution < -0.4 is 0 Å². The lowest BCUT2D eigenvalue weighted by Crippen LogP contribution is -2.24. The van der Waals surface area contributed by atoms with Crippen molar-refractivity contribution in [1.29, 1.82) is 0 Å². The monoisotopic (exact) mass is 324 g/mol. The predicted molar refractivity (Wildman–Crippen MR) is 96.7 cm³/mol. The molecule has 24 heavy (non-hydrogen) atoms. The van der Waals surface area contributed by atoms with E-state index in [2.05, 4.69) is 0 Å². The molecule has 126 valence electrons. The van der Waals surface area contributed by atoms with E-state index in [-0.39, 0.29) is 11.8 Å². The van der Waals surface area contributed by atoms with Crippen molar-refractivity contribution in [1.82, 2.24) is 9.80 Å². The summed E-state index contributed by atoms with van der Waals surface area (Å²) in [6, 6.07) is 15.8. The minimum Gasteiger partial charge on any atom is -0.349 e. The third kappa shape index (κ3) is 4.22. The van der Waals surface area contributed by atoms with Gasteiger partial charge < -0.3 is 9.80 Å². The number of carbonyl (C=O) groups excluding carboxylic acids is 2. The number of carbonyl (C=O) groups is 2. The van der Waals surface area contributed by atoms with E-state index in [0.29, 0.717) is 12.8 Å². The molecule has 0 atom stereocenters. The number of benzene rings is 2. The number of hydrogen-bond donors (Lipinski definition) is 0. The largest absolute Gasteiger partial charge is 0.349 e. The first-order valence-electron chi connectivity index (χ1n) is 7.96. The smallest absolute Gasteiger partial charge is 0.226 e. The maximum Gasteiger partial charge on any atom is 0.226 e. The summed E-state index contributed by atoms with van der Waals surface area (Å²) in [7, 11) is 7.03. The fraction of sp³-hybridized carbons (Fsp3) is 0.300. The first-order valence-corrected chi connectivity index (χ1v) is 7.96. The molecule has 0 aliphatic heterocycles. The van der Waals surface area contributed by atoms with Crippen LogP contribution >= 0.6 is 0 Å². The normalized spacial score (nSPS) is 10.3. The number of nitrogens with zero attached hydrogens (tertiary/aromatic N) is 2. The molecule has 0 saturated carbocycles. The van der Waals surface area contributed by atoms with E-state index in [1.54, 1.807) is 38.0 Å². The molecule has 0 fully saturated rings. The van der Waals surface area contributed by atoms with Crippen LogP contribution in [0.15, 0.2) is 48.5 Å². The van der Waals surface area contributed by atoms with Crippen molar-refractivity contribution in [2.24, 2.45) is 0 Å². The third-order valence-electron chi connectivity index (χ3n) is 4.01. The lowest BCUT2D eigenvalue weighted by molar-refractivity contribution is -0.128. The number of rotatable bonds is 5. The van der Waals surface area contributed by atoms with E-state index in [4.69, 9.17) is 0 Å². The molecule has 0 aliphatic carbocycles. The van der Waals surface area contributed by atoms with Crippen molar-refractivity contribution in [2.45, 2.75) is 12.8 Å². The molecular weight excluding hydrogens is 300 g/mol. The van der Waals surface area contributed by atoms with Crippen LogP contribution in [0.3, 0.4) is 0 Å². The van der Waals surface area contributed by atoms with Crippen molar-refractivity contribution >= 4 is 11.8 Å². The molecule has 0 radical (unpaired) electrons. The van der Waals surface area contributed by atoms with Gasteiger partial charge in [-0.3, -0.25) is 9.59 Å². The lowest BCUT2D eigenvalue weighted by Gasteiger charge is -2.17. The van der Waals surface area contributed by atoms with E-state index in [9.17, 15) is 9.59 Å². The summed E-state index contributed by atoms with van der Waals surface area (Å²) in [6.07, 6.45) is 0.693. The molecule has 4 nitrogen and oxygen atoms in total. The molecule has 0 heterocycles. The van der Waals surface area contributed by atoms with Gasteiger partial charge in [0.1, 0.15) is 0 Å². The number of hydrogen-bond acceptors (Lipinski definition) is 2. The second-order valence-electron chi connectivity index (χ2n) is 6.24. The zero-order valence-corrected chi connectivity index (χ0v) is 14.7. The van der Waals surface area contributed by atoms with Crippen LogP contribution in [0.1, 0.15) is 11.1 Å². The lowest BCUT2D eigenvalue weighted by atomic mass is 9.92. The maximum absolute atomic E-state index is 12.1. The van der Waals surface area contributed by atoms with E-state index < -0.39 is 0 Å². The molecule has 2 aromatic carbocycles. The standard InChI is InChI=1S/C20H24N2O2/c1-21(2)19(23)13-15-9-5-7-11-17(15)18-12-8-6-10-16(18)14-20(24)22(3)4/h5-12H,13-14H2,1-4H3. The molecule has 0 aliphatic rings. The molecule has 4 heteroatoms. The van der Waals surface area contributed by atoms with Gasteiger partial charge in [0.15, 0.2) is 0 Å². The van der Waals surface area contributed by atoms with E-state index in [1.165, 1.54) is 0 Å². The van der Waals surface area contributed by atoms with Crippen molar-refractivity contribution < 1.29 is 9.59 Å². The summed E-state index contributed by atoms with van der Waals surface area (Å²) in [6.45, 7) is 0. The summed E-state index contributed by atoms with van der Waals surface area (Å²) in [5.41, 5.74) is 3.96. The molecule has 2 rings (SSSR count). The van der Waals surface area contributed by atoms with Crippen molar-refractivity contribution in [2.75, 3.05) is 28.2 Å². The molecule has 0 N–H and O–H groups in total. The maximum atomic E-state index is 12.1. The van der Waals surface area contributed by atoms with Crippen LogP contribution in [-0.2, 0) is 22.4 Å². The van der Waals surface area contributed by atoms with Gasteiger partial charge in [-0.05, 0) is 22.3 Å². The molecule has 0 spiro atoms. The molecular formula is C20H24N2O2. The Bertz CT molecular complexity index is 672. The molecule has 0 unspecified atom stereocenters. The Morgan fingerprint density at radius 3 is 1.33 bits per heavy atom. The van der Waals surface area contributed by atoms with Crippen LogP contribution in [0.2, 0.25) is 0 Å². The Kier molecular flexibility index (Phi) is 5.74. The Morgan fingerprint density at radius 1 is 0.667 bits per heavy atom. The quantitative estimate of drug-likeness (QED) is 0.848. The van der Waals surface area contributed by atoms with E-state index in [1.807, 2.05) is 48.5 Å². The predicted octanol–water partition coefficient (Wildman–Crippen LogP) is 2.62. The minimum atomic E-state index is 0.0595. The molecule has 0 aromatic heterocycles. The number of likely N-dealkylation sites (N-methyl/N-ethyl adjacent to an activating group) is 2. The summed E-state index contributed by atoms with van der Waals surface area (Å²) in [4.78, 5) is 27.4. The highest BCUT2D eigenvalue weighted by Gasteiger charge is 2.15. The summed E-state index contributed by atoms with van der Waals surface area (Å²) < 4.78 is 0. The fourth-order valence-electron chi connectivity index (χ4n) is 2.52. The summed E-state index contributed by atoms with van der Waals surface area (Å²) in [5.74, 6) is 0.119. The summed E-state index contributed by atoms with van der Waals surface area (Å²) >= 11 is 0. The van der Waals surface area contributed by atoms with Crippen molar-refractivity contribution in [3.63, 3.8) is 0 Å². The Morgan fingerprint density at radius 2 is 1.00 bits per heavy atom. The van der Waals surface area contributed by atoms with Gasteiger partial charge in [0.05, 0.1) is 12.8 Å². The molecule has 0 bridgehead atoms. The van der Waals surface area contributed by atoms with Gasteiger partial charge in [-0.2, -0.15) is 0 Å². The molecule has 2 amide bonds. The zero-order chi connectivity index (χ0) is 17.7. The van der Waals surface area contributed by atoms with Gasteiger partial charge in [-0.15, -0.1) is 0 Å². The van der Waals surface area contributed by atoms with Gasteiger partial charge in [0, 0.05) is 28.2 Å². The second-order valence-corrected chi connectivity index (χ2v) is 6.24. The van der Waals surface area contributed by atoms with Crippen LogP contribution in [0, 0.1) is 0 Å². The van der Waals surface area contributed by atoms with Crippen LogP contribution in [0.25, 0.3) is 11.1 Å². The van der Waals surface area contributed by atoms with Crippen LogP contribution in [0.5, 0.6) is 0 Å². The molecule has 2 aromatic rings. The van der Waals surface area contributed by atoms with Gasteiger partial charge in [0.2, 0.25) is 11.8 Å². The first kappa shape index (κ1) is 17.7. The fourth-order valence-corrected chi connectivity index (χ4v) is 2.52. The highest BCUT2D eigenvalue weighted by atomic mass is 16.2. The first-order chi connectivity index (χ1) is 11.4. The van der Waals surface area contributed by atoms with E-state index in [0.717, 1.165) is 22.3 Å². The van der Waals surface area contributed by atoms with Gasteiger partial charge in [-0.1, -0.05) is 48.5 Å². The third-order valence-corrected chi connectivity index (χ3v) is 4.01. The van der Waals surface area contributed by atoms with Gasteiger partial charge >= 0.3 is 0 Å². The summed E-state index contributed by atoms with van der Waals surface area (Å²) in [5, 5.41) is 0. The topological polar surface area (TPSA) is 40.6 Å². The zero-order valence-electron chi connectivity index (χ0n) is 14.7. The average Bonchev–Trinajstić information content (AvgIpc) is 2.55. The number of amides is 2. The highest BCUT2D eigenvalue weighted by molar-refractivity contribution is 5.85. The van der Waals surface area contributed by atoms with Crippen LogP contribution in [-0.4, -0.2) is 49.8 Å². The van der Waals surface area contributed by atoms with Gasteiger partial charge in [0.25, 0.3) is 0 Å². The minimum absolute atomic E-state index is 0.0595. The van der Waals surface area contributed by atoms with Crippen molar-refractivity contribution in [3.8, 4) is 11.1 Å². The van der Waals surface area contributed by atoms with Gasteiger partial charge in [-0.25, -0.2) is 0 Å². The highest BCUT2D eigenvalue weighted by Crippen LogP contribution is 2.28. The second kappa shape index (κ2) is 7.77. The van der Waals surface area contributed by atoms with Crippen LogP contribution in [0.4, 0.5) is 0 Å². The van der Waals surface area contributed by atoms with Crippen molar-refractivity contribution in [3.05, 3.63) is 59.7 Å². The SMILES string of the molecule is CN(C)C(=O)Cc1ccccc1-c1ccccc1CC(=O)N(C)C. The Balaban J connectivity index is 2.42. The molecule has 0 saturated heterocycles.